The lowest BCUT2D eigenvalue weighted by molar-refractivity contribution is -0.138. The van der Waals surface area contributed by atoms with Gasteiger partial charge in [0.1, 0.15) is 0 Å². The largest absolute Gasteiger partial charge is 0.463 e. The van der Waals surface area contributed by atoms with Gasteiger partial charge in [-0.2, -0.15) is 0 Å². The number of nitrogens with one attached hydrogen (secondary N) is 1. The molecule has 0 fully saturated rings. The van der Waals surface area contributed by atoms with Crippen LogP contribution in [0.5, 0.6) is 0 Å². The first-order valence-electron chi connectivity index (χ1n) is 5.10. The molecule has 0 saturated carbocycles. The van der Waals surface area contributed by atoms with Crippen LogP contribution in [-0.4, -0.2) is 12.6 Å². The van der Waals surface area contributed by atoms with Gasteiger partial charge >= 0.3 is 5.97 Å². The molecule has 0 unspecified atom stereocenters. The highest BCUT2D eigenvalue weighted by atomic mass is 35.5. The third kappa shape index (κ3) is 4.29. The van der Waals surface area contributed by atoms with E-state index in [2.05, 4.69) is 5.32 Å². The monoisotopic (exact) mass is 273 g/mol. The fourth-order valence-electron chi connectivity index (χ4n) is 1.10. The Bertz CT molecular complexity index is 444. The summed E-state index contributed by atoms with van der Waals surface area (Å²) in [5.74, 6) is -0.356. The van der Waals surface area contributed by atoms with E-state index < -0.39 is 0 Å². The molecule has 0 bridgehead atoms. The normalized spacial score (nSPS) is 11.2. The number of esters is 1. The fourth-order valence-corrected chi connectivity index (χ4v) is 1.56. The summed E-state index contributed by atoms with van der Waals surface area (Å²) >= 11 is 11.7. The summed E-state index contributed by atoms with van der Waals surface area (Å²) in [5.41, 5.74) is 1.15. The zero-order chi connectivity index (χ0) is 12.8. The van der Waals surface area contributed by atoms with Gasteiger partial charge in [-0.3, -0.25) is 0 Å². The van der Waals surface area contributed by atoms with Crippen molar-refractivity contribution in [2.75, 3.05) is 11.9 Å². The first-order chi connectivity index (χ1) is 8.04. The van der Waals surface area contributed by atoms with E-state index in [1.807, 2.05) is 0 Å². The first kappa shape index (κ1) is 13.9. The molecular weight excluding hydrogens is 261 g/mol. The Balaban J connectivity index is 2.72. The van der Waals surface area contributed by atoms with Crippen molar-refractivity contribution in [1.29, 1.82) is 0 Å². The van der Waals surface area contributed by atoms with Crippen molar-refractivity contribution in [2.24, 2.45) is 0 Å². The minimum atomic E-state index is -0.356. The zero-order valence-electron chi connectivity index (χ0n) is 9.59. The van der Waals surface area contributed by atoms with Crippen LogP contribution in [0.1, 0.15) is 13.8 Å². The molecule has 0 amide bonds. The number of anilines is 1. The maximum Gasteiger partial charge on any atom is 0.335 e. The first-order valence-corrected chi connectivity index (χ1v) is 5.85. The van der Waals surface area contributed by atoms with Crippen LogP contribution in [0.3, 0.4) is 0 Å². The van der Waals surface area contributed by atoms with Gasteiger partial charge in [0, 0.05) is 11.2 Å². The zero-order valence-corrected chi connectivity index (χ0v) is 11.1. The molecule has 1 aromatic rings. The average Bonchev–Trinajstić information content (AvgIpc) is 2.27. The highest BCUT2D eigenvalue weighted by Crippen LogP contribution is 2.25. The second kappa shape index (κ2) is 6.52. The summed E-state index contributed by atoms with van der Waals surface area (Å²) in [6.45, 7) is 3.77. The standard InChI is InChI=1S/C12H13Cl2NO2/c1-3-17-12(16)8(2)7-15-11-5-4-9(13)6-10(11)14/h4-7,15H,3H2,1-2H3/b8-7+. The lowest BCUT2D eigenvalue weighted by Crippen LogP contribution is -2.06. The number of carbonyl (C=O) groups excluding carboxylic acids is 1. The predicted molar refractivity (Wildman–Crippen MR) is 70.5 cm³/mol. The summed E-state index contributed by atoms with van der Waals surface area (Å²) in [6, 6.07) is 5.07. The van der Waals surface area contributed by atoms with Crippen LogP contribution in [0.15, 0.2) is 30.0 Å². The SMILES string of the molecule is CCOC(=O)/C(C)=C/Nc1ccc(Cl)cc1Cl. The topological polar surface area (TPSA) is 38.3 Å². The highest BCUT2D eigenvalue weighted by molar-refractivity contribution is 6.36. The predicted octanol–water partition coefficient (Wildman–Crippen LogP) is 3.87. The quantitative estimate of drug-likeness (QED) is 0.669. The second-order valence-corrected chi connectivity index (χ2v) is 4.16. The van der Waals surface area contributed by atoms with Gasteiger partial charge in [0.15, 0.2) is 0 Å². The molecule has 0 atom stereocenters. The van der Waals surface area contributed by atoms with Crippen LogP contribution >= 0.6 is 23.2 Å². The maximum atomic E-state index is 11.3. The van der Waals surface area contributed by atoms with E-state index in [1.54, 1.807) is 38.2 Å². The maximum absolute atomic E-state index is 11.3. The minimum absolute atomic E-state index is 0.353. The van der Waals surface area contributed by atoms with Crippen LogP contribution in [0.4, 0.5) is 5.69 Å². The summed E-state index contributed by atoms with van der Waals surface area (Å²) < 4.78 is 4.84. The van der Waals surface area contributed by atoms with Gasteiger partial charge in [-0.25, -0.2) is 4.79 Å². The molecule has 0 aliphatic heterocycles. The summed E-state index contributed by atoms with van der Waals surface area (Å²) in [7, 11) is 0. The van der Waals surface area contributed by atoms with Crippen molar-refractivity contribution in [3.8, 4) is 0 Å². The molecule has 0 aliphatic rings. The number of hydrogen-bond acceptors (Lipinski definition) is 3. The Morgan fingerprint density at radius 1 is 1.47 bits per heavy atom. The van der Waals surface area contributed by atoms with Crippen molar-refractivity contribution in [3.05, 3.63) is 40.0 Å². The summed E-state index contributed by atoms with van der Waals surface area (Å²) in [5, 5.41) is 3.98. The van der Waals surface area contributed by atoms with E-state index in [4.69, 9.17) is 27.9 Å². The van der Waals surface area contributed by atoms with Gasteiger partial charge in [0.25, 0.3) is 0 Å². The molecule has 0 aliphatic carbocycles. The molecule has 1 rings (SSSR count). The number of halogens is 2. The highest BCUT2D eigenvalue weighted by Gasteiger charge is 2.04. The van der Waals surface area contributed by atoms with Gasteiger partial charge in [0.2, 0.25) is 0 Å². The third-order valence-electron chi connectivity index (χ3n) is 1.97. The Kier molecular flexibility index (Phi) is 5.32. The number of hydrogen-bond donors (Lipinski definition) is 1. The summed E-state index contributed by atoms with van der Waals surface area (Å²) in [4.78, 5) is 11.3. The molecule has 0 aromatic heterocycles. The van der Waals surface area contributed by atoms with E-state index in [1.165, 1.54) is 0 Å². The van der Waals surface area contributed by atoms with E-state index in [-0.39, 0.29) is 5.97 Å². The Morgan fingerprint density at radius 3 is 2.76 bits per heavy atom. The molecule has 5 heteroatoms. The Morgan fingerprint density at radius 2 is 2.18 bits per heavy atom. The lowest BCUT2D eigenvalue weighted by Gasteiger charge is -2.06. The average molecular weight is 274 g/mol. The molecule has 0 spiro atoms. The Hall–Kier alpha value is -1.19. The van der Waals surface area contributed by atoms with Crippen LogP contribution in [0.25, 0.3) is 0 Å². The molecule has 0 heterocycles. The second-order valence-electron chi connectivity index (χ2n) is 3.32. The van der Waals surface area contributed by atoms with Crippen LogP contribution in [-0.2, 0) is 9.53 Å². The van der Waals surface area contributed by atoms with E-state index in [0.717, 1.165) is 0 Å². The molecule has 0 saturated heterocycles. The van der Waals surface area contributed by atoms with Crippen molar-refractivity contribution < 1.29 is 9.53 Å². The van der Waals surface area contributed by atoms with Crippen LogP contribution in [0, 0.1) is 0 Å². The third-order valence-corrected chi connectivity index (χ3v) is 2.52. The van der Waals surface area contributed by atoms with E-state index >= 15 is 0 Å². The minimum Gasteiger partial charge on any atom is -0.463 e. The summed E-state index contributed by atoms with van der Waals surface area (Å²) in [6.07, 6.45) is 1.55. The van der Waals surface area contributed by atoms with Crippen molar-refractivity contribution in [3.63, 3.8) is 0 Å². The van der Waals surface area contributed by atoms with Crippen LogP contribution in [0.2, 0.25) is 10.0 Å². The molecular formula is C12H13Cl2NO2. The number of rotatable bonds is 4. The molecule has 92 valence electrons. The smallest absolute Gasteiger partial charge is 0.335 e. The lowest BCUT2D eigenvalue weighted by atomic mass is 10.3. The van der Waals surface area contributed by atoms with Crippen molar-refractivity contribution in [1.82, 2.24) is 0 Å². The van der Waals surface area contributed by atoms with Crippen LogP contribution < -0.4 is 5.32 Å². The molecule has 1 aromatic carbocycles. The molecule has 1 N–H and O–H groups in total. The van der Waals surface area contributed by atoms with Gasteiger partial charge < -0.3 is 10.1 Å². The fraction of sp³-hybridized carbons (Fsp3) is 0.250. The Labute approximate surface area is 110 Å². The van der Waals surface area contributed by atoms with Gasteiger partial charge in [-0.15, -0.1) is 0 Å². The molecule has 3 nitrogen and oxygen atoms in total. The molecule has 0 radical (unpaired) electrons. The van der Waals surface area contributed by atoms with Crippen molar-refractivity contribution >= 4 is 34.9 Å². The van der Waals surface area contributed by atoms with Crippen molar-refractivity contribution in [2.45, 2.75) is 13.8 Å². The van der Waals surface area contributed by atoms with E-state index in [0.29, 0.717) is 27.9 Å². The van der Waals surface area contributed by atoms with Gasteiger partial charge in [-0.1, -0.05) is 23.2 Å². The van der Waals surface area contributed by atoms with Gasteiger partial charge in [0.05, 0.1) is 22.9 Å². The number of ether oxygens (including phenoxy) is 1. The molecule has 17 heavy (non-hydrogen) atoms. The van der Waals surface area contributed by atoms with Gasteiger partial charge in [-0.05, 0) is 32.0 Å². The number of carbonyl (C=O) groups is 1. The number of benzene rings is 1. The van der Waals surface area contributed by atoms with E-state index in [9.17, 15) is 4.79 Å².